The summed E-state index contributed by atoms with van der Waals surface area (Å²) < 4.78 is -0.597. The lowest BCUT2D eigenvalue weighted by Gasteiger charge is -2.08. The van der Waals surface area contributed by atoms with E-state index in [4.69, 9.17) is 23.2 Å². The van der Waals surface area contributed by atoms with E-state index in [1.807, 2.05) is 0 Å². The molecule has 1 N–H and O–H groups in total. The van der Waals surface area contributed by atoms with Gasteiger partial charge in [0.15, 0.2) is 0 Å². The molecule has 1 nitrogen and oxygen atoms in total. The molecular formula is C8H12Cl2O. The second kappa shape index (κ2) is 2.51. The normalized spacial score (nSPS) is 47.7. The topological polar surface area (TPSA) is 20.2 Å². The first-order valence-electron chi connectivity index (χ1n) is 4.20. The maximum absolute atomic E-state index is 9.57. The van der Waals surface area contributed by atoms with E-state index in [9.17, 15) is 5.11 Å². The van der Waals surface area contributed by atoms with E-state index in [1.165, 1.54) is 6.42 Å². The molecular weight excluding hydrogens is 183 g/mol. The van der Waals surface area contributed by atoms with Crippen LogP contribution in [0.4, 0.5) is 0 Å². The van der Waals surface area contributed by atoms with Gasteiger partial charge in [-0.2, -0.15) is 0 Å². The van der Waals surface area contributed by atoms with E-state index >= 15 is 0 Å². The van der Waals surface area contributed by atoms with E-state index in [2.05, 4.69) is 0 Å². The number of aliphatic hydroxyl groups excluding tert-OH is 1. The quantitative estimate of drug-likeness (QED) is 0.588. The number of alkyl halides is 2. The van der Waals surface area contributed by atoms with Crippen molar-refractivity contribution in [3.8, 4) is 0 Å². The van der Waals surface area contributed by atoms with Crippen LogP contribution in [-0.4, -0.2) is 15.5 Å². The zero-order valence-electron chi connectivity index (χ0n) is 6.26. The lowest BCUT2D eigenvalue weighted by Crippen LogP contribution is -2.12. The summed E-state index contributed by atoms with van der Waals surface area (Å²) in [4.78, 5) is 0. The largest absolute Gasteiger partial charge is 0.393 e. The molecule has 11 heavy (non-hydrogen) atoms. The maximum atomic E-state index is 9.57. The van der Waals surface area contributed by atoms with Gasteiger partial charge in [0.25, 0.3) is 0 Å². The Kier molecular flexibility index (Phi) is 1.86. The molecule has 2 aliphatic rings. The summed E-state index contributed by atoms with van der Waals surface area (Å²) in [7, 11) is 0. The van der Waals surface area contributed by atoms with Gasteiger partial charge in [-0.15, -0.1) is 23.2 Å². The fourth-order valence-corrected chi connectivity index (χ4v) is 3.17. The molecule has 0 aliphatic heterocycles. The summed E-state index contributed by atoms with van der Waals surface area (Å²) in [5.41, 5.74) is 0. The van der Waals surface area contributed by atoms with Crippen LogP contribution in [0.1, 0.15) is 25.7 Å². The van der Waals surface area contributed by atoms with E-state index < -0.39 is 4.33 Å². The Hall–Kier alpha value is 0.540. The van der Waals surface area contributed by atoms with Crippen LogP contribution in [0.5, 0.6) is 0 Å². The molecule has 3 heteroatoms. The Morgan fingerprint density at radius 2 is 1.82 bits per heavy atom. The van der Waals surface area contributed by atoms with Crippen molar-refractivity contribution in [2.75, 3.05) is 0 Å². The number of hydrogen-bond acceptors (Lipinski definition) is 1. The fraction of sp³-hybridized carbons (Fsp3) is 1.00. The van der Waals surface area contributed by atoms with E-state index in [1.54, 1.807) is 0 Å². The third-order valence-corrected chi connectivity index (χ3v) is 4.01. The monoisotopic (exact) mass is 194 g/mol. The van der Waals surface area contributed by atoms with Gasteiger partial charge in [0.2, 0.25) is 0 Å². The first-order chi connectivity index (χ1) is 5.14. The second-order valence-corrected chi connectivity index (χ2v) is 5.10. The molecule has 0 aromatic heterocycles. The van der Waals surface area contributed by atoms with Crippen molar-refractivity contribution in [2.45, 2.75) is 36.1 Å². The van der Waals surface area contributed by atoms with Crippen LogP contribution in [0, 0.1) is 11.8 Å². The van der Waals surface area contributed by atoms with Crippen molar-refractivity contribution in [3.05, 3.63) is 0 Å². The second-order valence-electron chi connectivity index (χ2n) is 3.66. The highest BCUT2D eigenvalue weighted by molar-refractivity contribution is 6.51. The molecule has 0 aromatic rings. The van der Waals surface area contributed by atoms with Gasteiger partial charge in [-0.3, -0.25) is 0 Å². The van der Waals surface area contributed by atoms with Crippen molar-refractivity contribution in [2.24, 2.45) is 11.8 Å². The Bertz CT molecular complexity index is 169. The van der Waals surface area contributed by atoms with Crippen molar-refractivity contribution in [1.82, 2.24) is 0 Å². The fourth-order valence-electron chi connectivity index (χ4n) is 2.21. The lowest BCUT2D eigenvalue weighted by atomic mass is 10.1. The summed E-state index contributed by atoms with van der Waals surface area (Å²) >= 11 is 12.0. The Labute approximate surface area is 76.7 Å². The minimum Gasteiger partial charge on any atom is -0.393 e. The number of fused-ring (bicyclic) bond motifs is 1. The molecule has 64 valence electrons. The summed E-state index contributed by atoms with van der Waals surface area (Å²) in [6.45, 7) is 0. The highest BCUT2D eigenvalue weighted by Crippen LogP contribution is 2.64. The van der Waals surface area contributed by atoms with Gasteiger partial charge in [0.1, 0.15) is 4.33 Å². The molecule has 0 saturated heterocycles. The van der Waals surface area contributed by atoms with Crippen LogP contribution in [-0.2, 0) is 0 Å². The number of hydrogen-bond donors (Lipinski definition) is 1. The van der Waals surface area contributed by atoms with Gasteiger partial charge in [0, 0.05) is 11.8 Å². The van der Waals surface area contributed by atoms with Crippen LogP contribution in [0.25, 0.3) is 0 Å². The van der Waals surface area contributed by atoms with Gasteiger partial charge in [-0.05, 0) is 12.8 Å². The Balaban J connectivity index is 2.08. The molecule has 0 radical (unpaired) electrons. The molecule has 0 bridgehead atoms. The zero-order chi connectivity index (χ0) is 8.06. The van der Waals surface area contributed by atoms with E-state index in [0.29, 0.717) is 5.92 Å². The number of aliphatic hydroxyl groups is 1. The van der Waals surface area contributed by atoms with Crippen molar-refractivity contribution >= 4 is 23.2 Å². The first-order valence-corrected chi connectivity index (χ1v) is 4.95. The zero-order valence-corrected chi connectivity index (χ0v) is 7.78. The Morgan fingerprint density at radius 1 is 1.18 bits per heavy atom. The van der Waals surface area contributed by atoms with E-state index in [0.717, 1.165) is 19.3 Å². The summed E-state index contributed by atoms with van der Waals surface area (Å²) in [6, 6.07) is 0. The molecule has 2 rings (SSSR count). The van der Waals surface area contributed by atoms with Crippen LogP contribution < -0.4 is 0 Å². The van der Waals surface area contributed by atoms with Crippen molar-refractivity contribution in [3.63, 3.8) is 0 Å². The van der Waals surface area contributed by atoms with Crippen LogP contribution >= 0.6 is 23.2 Å². The highest BCUT2D eigenvalue weighted by Gasteiger charge is 2.65. The summed E-state index contributed by atoms with van der Waals surface area (Å²) in [5, 5.41) is 9.57. The summed E-state index contributed by atoms with van der Waals surface area (Å²) in [6.07, 6.45) is 4.01. The smallest absolute Gasteiger partial charge is 0.127 e. The van der Waals surface area contributed by atoms with Gasteiger partial charge in [-0.1, -0.05) is 12.8 Å². The van der Waals surface area contributed by atoms with E-state index in [-0.39, 0.29) is 12.0 Å². The average Bonchev–Trinajstić information content (AvgIpc) is 2.52. The van der Waals surface area contributed by atoms with Crippen LogP contribution in [0.3, 0.4) is 0 Å². The molecule has 0 heterocycles. The first kappa shape index (κ1) is 8.15. The van der Waals surface area contributed by atoms with Gasteiger partial charge >= 0.3 is 0 Å². The number of halogens is 2. The molecule has 0 aromatic carbocycles. The molecule has 2 aliphatic carbocycles. The molecule has 2 saturated carbocycles. The van der Waals surface area contributed by atoms with Gasteiger partial charge < -0.3 is 5.11 Å². The predicted octanol–water partition coefficient (Wildman–Crippen LogP) is 2.34. The molecule has 3 unspecified atom stereocenters. The Morgan fingerprint density at radius 3 is 2.55 bits per heavy atom. The third kappa shape index (κ3) is 1.18. The summed E-state index contributed by atoms with van der Waals surface area (Å²) in [5.74, 6) is 0.525. The minimum absolute atomic E-state index is 0.160. The average molecular weight is 195 g/mol. The standard InChI is InChI=1S/C8H12Cl2O/c9-8(10)5-3-1-2-4-6(11)7(5)8/h5-7,11H,1-4H2. The van der Waals surface area contributed by atoms with Crippen molar-refractivity contribution in [1.29, 1.82) is 0 Å². The minimum atomic E-state index is -0.597. The maximum Gasteiger partial charge on any atom is 0.127 e. The lowest BCUT2D eigenvalue weighted by molar-refractivity contribution is 0.138. The van der Waals surface area contributed by atoms with Gasteiger partial charge in [0.05, 0.1) is 6.10 Å². The van der Waals surface area contributed by atoms with Crippen LogP contribution in [0.15, 0.2) is 0 Å². The molecule has 3 atom stereocenters. The predicted molar refractivity (Wildman–Crippen MR) is 45.9 cm³/mol. The van der Waals surface area contributed by atoms with Gasteiger partial charge in [-0.25, -0.2) is 0 Å². The molecule has 2 fully saturated rings. The molecule has 0 spiro atoms. The third-order valence-electron chi connectivity index (χ3n) is 2.94. The van der Waals surface area contributed by atoms with Crippen molar-refractivity contribution < 1.29 is 5.11 Å². The number of rotatable bonds is 0. The van der Waals surface area contributed by atoms with Crippen LogP contribution in [0.2, 0.25) is 0 Å². The SMILES string of the molecule is OC1CCCCC2C1C2(Cl)Cl. The highest BCUT2D eigenvalue weighted by atomic mass is 35.5. The molecule has 0 amide bonds.